The summed E-state index contributed by atoms with van der Waals surface area (Å²) in [4.78, 5) is 14.5. The molecule has 0 aliphatic rings. The van der Waals surface area contributed by atoms with E-state index in [1.54, 1.807) is 7.05 Å². The van der Waals surface area contributed by atoms with Crippen LogP contribution in [0.1, 0.15) is 11.9 Å². The molecule has 1 aromatic heterocycles. The fraction of sp³-hybridized carbons (Fsp3) is 0.429. The predicted molar refractivity (Wildman–Crippen MR) is 45.6 cm³/mol. The second-order valence-electron chi connectivity index (χ2n) is 2.45. The number of imidazole rings is 1. The molecule has 1 heterocycles. The van der Waals surface area contributed by atoms with Crippen molar-refractivity contribution in [1.29, 1.82) is 0 Å². The van der Waals surface area contributed by atoms with Gasteiger partial charge in [-0.15, -0.1) is 0 Å². The Balaban J connectivity index is 3.05. The minimum Gasteiger partial charge on any atom is -0.479 e. The Kier molecular flexibility index (Phi) is 2.90. The molecule has 0 saturated carbocycles. The minimum atomic E-state index is -1.09. The summed E-state index contributed by atoms with van der Waals surface area (Å²) in [6, 6.07) is 0. The van der Waals surface area contributed by atoms with Gasteiger partial charge in [0.2, 0.25) is 6.10 Å². The average Bonchev–Trinajstić information content (AvgIpc) is 2.37. The van der Waals surface area contributed by atoms with Crippen LogP contribution in [0.15, 0.2) is 6.20 Å². The molecule has 1 N–H and O–H groups in total. The van der Waals surface area contributed by atoms with Gasteiger partial charge in [-0.3, -0.25) is 0 Å². The molecule has 1 aromatic rings. The zero-order chi connectivity index (χ0) is 10.0. The second kappa shape index (κ2) is 3.76. The molecule has 1 rings (SSSR count). The lowest BCUT2D eigenvalue weighted by Gasteiger charge is -2.09. The quantitative estimate of drug-likeness (QED) is 0.793. The Bertz CT molecular complexity index is 324. The number of methoxy groups -OCH3 is 1. The fourth-order valence-corrected chi connectivity index (χ4v) is 1.10. The normalized spacial score (nSPS) is 12.8. The van der Waals surface area contributed by atoms with Gasteiger partial charge in [-0.1, -0.05) is 11.6 Å². The van der Waals surface area contributed by atoms with Crippen molar-refractivity contribution in [3.63, 3.8) is 0 Å². The van der Waals surface area contributed by atoms with Crippen molar-refractivity contribution in [2.24, 2.45) is 7.05 Å². The minimum absolute atomic E-state index is 0.278. The summed E-state index contributed by atoms with van der Waals surface area (Å²) in [7, 11) is 2.93. The number of nitrogens with zero attached hydrogens (tertiary/aromatic N) is 2. The van der Waals surface area contributed by atoms with Crippen molar-refractivity contribution < 1.29 is 14.6 Å². The lowest BCUT2D eigenvalue weighted by atomic mass is 10.3. The zero-order valence-electron chi connectivity index (χ0n) is 7.19. The van der Waals surface area contributed by atoms with Crippen molar-refractivity contribution >= 4 is 17.6 Å². The van der Waals surface area contributed by atoms with E-state index in [0.29, 0.717) is 5.15 Å². The van der Waals surface area contributed by atoms with E-state index < -0.39 is 12.1 Å². The summed E-state index contributed by atoms with van der Waals surface area (Å²) < 4.78 is 6.21. The van der Waals surface area contributed by atoms with Crippen molar-refractivity contribution in [3.05, 3.63) is 17.2 Å². The van der Waals surface area contributed by atoms with E-state index in [1.807, 2.05) is 0 Å². The molecular weight excluding hydrogens is 196 g/mol. The molecule has 0 aromatic carbocycles. The summed E-state index contributed by atoms with van der Waals surface area (Å²) >= 11 is 5.69. The molecule has 0 spiro atoms. The molecule has 72 valence electrons. The van der Waals surface area contributed by atoms with Gasteiger partial charge in [0.1, 0.15) is 5.15 Å². The summed E-state index contributed by atoms with van der Waals surface area (Å²) in [6.45, 7) is 0. The van der Waals surface area contributed by atoms with Crippen LogP contribution in [0, 0.1) is 0 Å². The van der Waals surface area contributed by atoms with Crippen LogP contribution >= 0.6 is 11.6 Å². The molecule has 1 atom stereocenters. The molecule has 0 aliphatic carbocycles. The first-order chi connectivity index (χ1) is 6.07. The molecule has 0 saturated heterocycles. The molecule has 0 radical (unpaired) electrons. The van der Waals surface area contributed by atoms with Crippen LogP contribution < -0.4 is 0 Å². The fourth-order valence-electron chi connectivity index (χ4n) is 0.962. The number of carboxylic acid groups (broad SMARTS) is 1. The van der Waals surface area contributed by atoms with Crippen LogP contribution in [0.5, 0.6) is 0 Å². The predicted octanol–water partition coefficient (Wildman–Crippen LogP) is 0.846. The Labute approximate surface area is 79.9 Å². The molecular formula is C7H9ClN2O3. The van der Waals surface area contributed by atoms with Crippen LogP contribution in [-0.2, 0) is 16.6 Å². The molecule has 1 unspecified atom stereocenters. The Morgan fingerprint density at radius 1 is 1.85 bits per heavy atom. The molecule has 0 fully saturated rings. The maximum Gasteiger partial charge on any atom is 0.340 e. The number of carbonyl (C=O) groups is 1. The number of hydrogen-bond donors (Lipinski definition) is 1. The molecule has 5 nitrogen and oxygen atoms in total. The highest BCUT2D eigenvalue weighted by molar-refractivity contribution is 6.29. The van der Waals surface area contributed by atoms with Crippen LogP contribution in [0.2, 0.25) is 5.15 Å². The molecule has 0 aliphatic heterocycles. The van der Waals surface area contributed by atoms with E-state index in [4.69, 9.17) is 21.4 Å². The summed E-state index contributed by atoms with van der Waals surface area (Å²) in [5.74, 6) is -0.812. The number of hydrogen-bond acceptors (Lipinski definition) is 3. The van der Waals surface area contributed by atoms with E-state index >= 15 is 0 Å². The molecule has 0 bridgehead atoms. The summed E-state index contributed by atoms with van der Waals surface area (Å²) in [6.07, 6.45) is 0.309. The number of rotatable bonds is 3. The van der Waals surface area contributed by atoms with Gasteiger partial charge >= 0.3 is 5.97 Å². The first-order valence-corrected chi connectivity index (χ1v) is 3.88. The molecule has 0 amide bonds. The highest BCUT2D eigenvalue weighted by Crippen LogP contribution is 2.18. The van der Waals surface area contributed by atoms with Crippen molar-refractivity contribution in [1.82, 2.24) is 9.55 Å². The summed E-state index contributed by atoms with van der Waals surface area (Å²) in [5, 5.41) is 9.11. The zero-order valence-corrected chi connectivity index (χ0v) is 7.95. The van der Waals surface area contributed by atoms with Crippen molar-refractivity contribution in [2.45, 2.75) is 6.10 Å². The first-order valence-electron chi connectivity index (χ1n) is 3.50. The highest BCUT2D eigenvalue weighted by atomic mass is 35.5. The van der Waals surface area contributed by atoms with Crippen molar-refractivity contribution in [3.8, 4) is 0 Å². The number of ether oxygens (including phenoxy) is 1. The summed E-state index contributed by atoms with van der Waals surface area (Å²) in [5.41, 5.74) is 0. The first kappa shape index (κ1) is 10.0. The van der Waals surface area contributed by atoms with E-state index in [0.717, 1.165) is 0 Å². The lowest BCUT2D eigenvalue weighted by Crippen LogP contribution is -2.17. The van der Waals surface area contributed by atoms with Gasteiger partial charge < -0.3 is 14.4 Å². The van der Waals surface area contributed by atoms with Crippen LogP contribution in [0.25, 0.3) is 0 Å². The lowest BCUT2D eigenvalue weighted by molar-refractivity contribution is -0.149. The molecule has 13 heavy (non-hydrogen) atoms. The third-order valence-corrected chi connectivity index (χ3v) is 2.01. The number of aromatic nitrogens is 2. The standard InChI is InChI=1S/C7H9ClN2O3/c1-10-4(8)3-9-6(10)5(13-2)7(11)12/h3,5H,1-2H3,(H,11,12). The third-order valence-electron chi connectivity index (χ3n) is 1.66. The Morgan fingerprint density at radius 3 is 2.77 bits per heavy atom. The van der Waals surface area contributed by atoms with Gasteiger partial charge in [-0.2, -0.15) is 0 Å². The van der Waals surface area contributed by atoms with Gasteiger partial charge in [0.25, 0.3) is 0 Å². The SMILES string of the molecule is COC(C(=O)O)c1ncc(Cl)n1C. The van der Waals surface area contributed by atoms with Crippen molar-refractivity contribution in [2.75, 3.05) is 7.11 Å². The topological polar surface area (TPSA) is 64.3 Å². The Morgan fingerprint density at radius 2 is 2.46 bits per heavy atom. The van der Waals surface area contributed by atoms with Crippen LogP contribution in [-0.4, -0.2) is 27.7 Å². The van der Waals surface area contributed by atoms with E-state index in [9.17, 15) is 4.79 Å². The third kappa shape index (κ3) is 1.81. The largest absolute Gasteiger partial charge is 0.479 e. The van der Waals surface area contributed by atoms with E-state index in [1.165, 1.54) is 17.9 Å². The van der Waals surface area contributed by atoms with Crippen LogP contribution in [0.3, 0.4) is 0 Å². The monoisotopic (exact) mass is 204 g/mol. The second-order valence-corrected chi connectivity index (χ2v) is 2.84. The van der Waals surface area contributed by atoms with E-state index in [2.05, 4.69) is 4.98 Å². The van der Waals surface area contributed by atoms with Gasteiger partial charge in [0, 0.05) is 14.2 Å². The van der Waals surface area contributed by atoms with E-state index in [-0.39, 0.29) is 5.82 Å². The maximum atomic E-state index is 10.7. The smallest absolute Gasteiger partial charge is 0.340 e. The van der Waals surface area contributed by atoms with Gasteiger partial charge in [0.05, 0.1) is 6.20 Å². The number of halogens is 1. The molecule has 6 heteroatoms. The average molecular weight is 205 g/mol. The number of carboxylic acids is 1. The number of aliphatic carboxylic acids is 1. The highest BCUT2D eigenvalue weighted by Gasteiger charge is 2.24. The van der Waals surface area contributed by atoms with Crippen LogP contribution in [0.4, 0.5) is 0 Å². The van der Waals surface area contributed by atoms with Gasteiger partial charge in [0.15, 0.2) is 5.82 Å². The maximum absolute atomic E-state index is 10.7. The van der Waals surface area contributed by atoms with Gasteiger partial charge in [-0.25, -0.2) is 9.78 Å². The Hall–Kier alpha value is -1.07. The van der Waals surface area contributed by atoms with Gasteiger partial charge in [-0.05, 0) is 0 Å².